The molecule has 0 N–H and O–H groups in total. The van der Waals surface area contributed by atoms with E-state index < -0.39 is 7.92 Å². The first kappa shape index (κ1) is 20.5. The van der Waals surface area contributed by atoms with E-state index in [2.05, 4.69) is 97.2 Å². The Morgan fingerprint density at radius 1 is 0.786 bits per heavy atom. The summed E-state index contributed by atoms with van der Waals surface area (Å²) in [6.45, 7) is 2.31. The average molecular weight is 398 g/mol. The number of rotatable bonds is 6. The molecule has 4 aromatic rings. The summed E-state index contributed by atoms with van der Waals surface area (Å²) >= 11 is 1.75. The van der Waals surface area contributed by atoms with Crippen LogP contribution in [0.5, 0.6) is 0 Å². The van der Waals surface area contributed by atoms with Crippen LogP contribution in [0.3, 0.4) is 0 Å². The molecule has 0 aliphatic carbocycles. The quantitative estimate of drug-likeness (QED) is 0.301. The van der Waals surface area contributed by atoms with Crippen molar-refractivity contribution < 1.29 is 0 Å². The molecule has 0 bridgehead atoms. The highest BCUT2D eigenvalue weighted by Gasteiger charge is 2.20. The van der Waals surface area contributed by atoms with Gasteiger partial charge in [0, 0.05) is 25.3 Å². The van der Waals surface area contributed by atoms with Crippen LogP contribution in [0.4, 0.5) is 0 Å². The highest BCUT2D eigenvalue weighted by Crippen LogP contribution is 2.39. The minimum atomic E-state index is -0.394. The molecule has 1 aromatic heterocycles. The van der Waals surface area contributed by atoms with Crippen LogP contribution < -0.4 is 10.6 Å². The average Bonchev–Trinajstić information content (AvgIpc) is 3.24. The van der Waals surface area contributed by atoms with Gasteiger partial charge >= 0.3 is 0 Å². The lowest BCUT2D eigenvalue weighted by Gasteiger charge is -2.22. The van der Waals surface area contributed by atoms with Crippen LogP contribution in [0, 0.1) is 0 Å². The standard InChI is InChI=1S/C24H22NPS.B/c1-19(23-18-27-24(25-23)20-11-5-2-6-12-20)17-26(21-13-7-3-8-14-21)22-15-9-4-10-16-22;/h2-16,18-19H,17H2,1H3;/t19-;/m0./s1. The summed E-state index contributed by atoms with van der Waals surface area (Å²) in [5.74, 6) is 0.422. The Balaban J connectivity index is 0.00000225. The van der Waals surface area contributed by atoms with E-state index in [9.17, 15) is 0 Å². The van der Waals surface area contributed by atoms with Gasteiger partial charge in [-0.05, 0) is 24.7 Å². The molecule has 0 saturated carbocycles. The molecule has 3 aromatic carbocycles. The van der Waals surface area contributed by atoms with E-state index in [1.54, 1.807) is 11.3 Å². The van der Waals surface area contributed by atoms with E-state index in [4.69, 9.17) is 4.98 Å². The van der Waals surface area contributed by atoms with Crippen LogP contribution >= 0.6 is 19.3 Å². The molecule has 0 spiro atoms. The molecule has 0 saturated heterocycles. The van der Waals surface area contributed by atoms with Crippen LogP contribution in [0.1, 0.15) is 18.5 Å². The summed E-state index contributed by atoms with van der Waals surface area (Å²) in [5.41, 5.74) is 2.41. The highest BCUT2D eigenvalue weighted by atomic mass is 32.1. The van der Waals surface area contributed by atoms with Gasteiger partial charge < -0.3 is 0 Å². The number of thiazole rings is 1. The molecule has 137 valence electrons. The van der Waals surface area contributed by atoms with E-state index >= 15 is 0 Å². The van der Waals surface area contributed by atoms with Crippen molar-refractivity contribution in [2.45, 2.75) is 12.8 Å². The molecule has 0 unspecified atom stereocenters. The topological polar surface area (TPSA) is 12.9 Å². The van der Waals surface area contributed by atoms with Crippen molar-refractivity contribution in [1.29, 1.82) is 0 Å². The molecule has 4 heteroatoms. The second-order valence-corrected chi connectivity index (χ2v) is 9.74. The second kappa shape index (κ2) is 9.82. The van der Waals surface area contributed by atoms with E-state index in [-0.39, 0.29) is 8.41 Å². The first-order chi connectivity index (χ1) is 13.3. The smallest absolute Gasteiger partial charge is 0.123 e. The van der Waals surface area contributed by atoms with Gasteiger partial charge in [-0.2, -0.15) is 0 Å². The molecular weight excluding hydrogens is 376 g/mol. The Morgan fingerprint density at radius 2 is 1.29 bits per heavy atom. The summed E-state index contributed by atoms with van der Waals surface area (Å²) < 4.78 is 0. The predicted molar refractivity (Wildman–Crippen MR) is 126 cm³/mol. The first-order valence-corrected chi connectivity index (χ1v) is 11.6. The summed E-state index contributed by atoms with van der Waals surface area (Å²) in [6, 6.07) is 32.3. The van der Waals surface area contributed by atoms with E-state index in [0.29, 0.717) is 5.92 Å². The third-order valence-electron chi connectivity index (χ3n) is 4.64. The predicted octanol–water partition coefficient (Wildman–Crippen LogP) is 5.67. The SMILES string of the molecule is C[C@@H](CP(c1ccccc1)c1ccccc1)c1csc(-c2ccccc2)n1.[B]. The van der Waals surface area contributed by atoms with Crippen LogP contribution in [0.25, 0.3) is 10.6 Å². The molecule has 0 amide bonds. The third-order valence-corrected chi connectivity index (χ3v) is 8.31. The highest BCUT2D eigenvalue weighted by molar-refractivity contribution is 7.73. The zero-order valence-corrected chi connectivity index (χ0v) is 17.6. The van der Waals surface area contributed by atoms with Crippen molar-refractivity contribution in [3.05, 3.63) is 102 Å². The van der Waals surface area contributed by atoms with Crippen molar-refractivity contribution in [1.82, 2.24) is 4.98 Å². The number of hydrogen-bond donors (Lipinski definition) is 0. The lowest BCUT2D eigenvalue weighted by atomic mass is 10.1. The Morgan fingerprint density at radius 3 is 1.82 bits per heavy atom. The lowest BCUT2D eigenvalue weighted by molar-refractivity contribution is 0.844. The Kier molecular flexibility index (Phi) is 7.20. The van der Waals surface area contributed by atoms with E-state index in [1.165, 1.54) is 21.9 Å². The summed E-state index contributed by atoms with van der Waals surface area (Å²) in [6.07, 6.45) is 1.11. The molecule has 1 heterocycles. The van der Waals surface area contributed by atoms with Gasteiger partial charge in [-0.3, -0.25) is 0 Å². The van der Waals surface area contributed by atoms with Gasteiger partial charge in [0.05, 0.1) is 5.69 Å². The van der Waals surface area contributed by atoms with Crippen LogP contribution in [-0.4, -0.2) is 19.6 Å². The molecule has 3 radical (unpaired) electrons. The van der Waals surface area contributed by atoms with Gasteiger partial charge in [0.1, 0.15) is 5.01 Å². The Labute approximate surface area is 174 Å². The van der Waals surface area contributed by atoms with Gasteiger partial charge in [-0.1, -0.05) is 97.9 Å². The number of hydrogen-bond acceptors (Lipinski definition) is 2. The monoisotopic (exact) mass is 398 g/mol. The maximum atomic E-state index is 4.95. The molecule has 0 fully saturated rings. The number of nitrogens with zero attached hydrogens (tertiary/aromatic N) is 1. The van der Waals surface area contributed by atoms with E-state index in [0.717, 1.165) is 11.2 Å². The van der Waals surface area contributed by atoms with Gasteiger partial charge in [0.15, 0.2) is 0 Å². The first-order valence-electron chi connectivity index (χ1n) is 9.20. The van der Waals surface area contributed by atoms with Crippen LogP contribution in [0.15, 0.2) is 96.4 Å². The molecule has 4 rings (SSSR count). The van der Waals surface area contributed by atoms with Crippen LogP contribution in [-0.2, 0) is 0 Å². The van der Waals surface area contributed by atoms with Crippen molar-refractivity contribution in [3.8, 4) is 10.6 Å². The summed E-state index contributed by atoms with van der Waals surface area (Å²) in [7, 11) is -0.394. The molecule has 28 heavy (non-hydrogen) atoms. The molecule has 0 aliphatic heterocycles. The zero-order valence-electron chi connectivity index (χ0n) is 15.9. The van der Waals surface area contributed by atoms with Crippen LogP contribution in [0.2, 0.25) is 0 Å². The van der Waals surface area contributed by atoms with Gasteiger partial charge in [-0.15, -0.1) is 11.3 Å². The molecule has 1 atom stereocenters. The van der Waals surface area contributed by atoms with Crippen molar-refractivity contribution >= 4 is 38.3 Å². The fourth-order valence-electron chi connectivity index (χ4n) is 3.17. The van der Waals surface area contributed by atoms with Crippen molar-refractivity contribution in [3.63, 3.8) is 0 Å². The summed E-state index contributed by atoms with van der Waals surface area (Å²) in [5, 5.41) is 6.21. The second-order valence-electron chi connectivity index (χ2n) is 6.63. The molecular formula is C24H22BNPS. The fourth-order valence-corrected chi connectivity index (χ4v) is 6.64. The van der Waals surface area contributed by atoms with Gasteiger partial charge in [0.2, 0.25) is 0 Å². The fraction of sp³-hybridized carbons (Fsp3) is 0.125. The maximum absolute atomic E-state index is 4.95. The molecule has 0 aliphatic rings. The number of benzene rings is 3. The normalized spacial score (nSPS) is 11.8. The zero-order chi connectivity index (χ0) is 18.5. The minimum Gasteiger partial charge on any atom is -0.241 e. The molecule has 1 nitrogen and oxygen atoms in total. The van der Waals surface area contributed by atoms with Gasteiger partial charge in [0.25, 0.3) is 0 Å². The van der Waals surface area contributed by atoms with E-state index in [1.807, 2.05) is 6.07 Å². The van der Waals surface area contributed by atoms with Crippen molar-refractivity contribution in [2.24, 2.45) is 0 Å². The Hall–Kier alpha value is -2.22. The maximum Gasteiger partial charge on any atom is 0.123 e. The largest absolute Gasteiger partial charge is 0.241 e. The Bertz CT molecular complexity index is 934. The third kappa shape index (κ3) is 4.79. The lowest BCUT2D eigenvalue weighted by Crippen LogP contribution is -2.16. The van der Waals surface area contributed by atoms with Gasteiger partial charge in [-0.25, -0.2) is 4.98 Å². The minimum absolute atomic E-state index is 0. The summed E-state index contributed by atoms with van der Waals surface area (Å²) in [4.78, 5) is 4.95. The number of aromatic nitrogens is 1. The van der Waals surface area contributed by atoms with Crippen molar-refractivity contribution in [2.75, 3.05) is 6.16 Å².